The molecule has 0 saturated carbocycles. The topological polar surface area (TPSA) is 67.0 Å². The number of pyridine rings is 2. The van der Waals surface area contributed by atoms with E-state index >= 15 is 0 Å². The number of methoxy groups -OCH3 is 1. The van der Waals surface area contributed by atoms with Gasteiger partial charge < -0.3 is 9.47 Å². The molecular weight excluding hydrogens is 489 g/mol. The van der Waals surface area contributed by atoms with Crippen LogP contribution in [0, 0.1) is 0 Å². The number of halogens is 1. The van der Waals surface area contributed by atoms with Crippen molar-refractivity contribution in [1.29, 1.82) is 0 Å². The SMILES string of the molecule is COc1ccc(-c2cn(SI)c3ncc(-c4cnn(C5COC5)c4)cc23)cn1. The van der Waals surface area contributed by atoms with E-state index in [0.717, 1.165) is 46.5 Å². The number of hydrogen-bond donors (Lipinski definition) is 0. The van der Waals surface area contributed by atoms with E-state index in [0.29, 0.717) is 11.9 Å². The molecule has 5 rings (SSSR count). The third kappa shape index (κ3) is 3.07. The summed E-state index contributed by atoms with van der Waals surface area (Å²) in [4.78, 5) is 9.08. The summed E-state index contributed by atoms with van der Waals surface area (Å²) in [6, 6.07) is 6.40. The highest BCUT2D eigenvalue weighted by Crippen LogP contribution is 2.36. The van der Waals surface area contributed by atoms with Crippen LogP contribution in [0.2, 0.25) is 0 Å². The number of hydrogen-bond acceptors (Lipinski definition) is 6. The van der Waals surface area contributed by atoms with Gasteiger partial charge in [0.05, 0.1) is 32.6 Å². The second kappa shape index (κ2) is 7.37. The summed E-state index contributed by atoms with van der Waals surface area (Å²) in [5, 5.41) is 5.57. The molecule has 0 bridgehead atoms. The fourth-order valence-corrected chi connectivity index (χ4v) is 4.50. The standard InChI is InChI=1S/C19H16IN5O2S/c1-26-18-3-2-12(5-21-18)17-9-25(28-20)19-16(17)4-13(6-22-19)14-7-23-24(8-14)15-10-27-11-15/h2-9,15H,10-11H2,1H3. The lowest BCUT2D eigenvalue weighted by Gasteiger charge is -2.25. The summed E-state index contributed by atoms with van der Waals surface area (Å²) < 4.78 is 14.5. The molecule has 7 nitrogen and oxygen atoms in total. The van der Waals surface area contributed by atoms with Crippen LogP contribution in [-0.2, 0) is 4.74 Å². The summed E-state index contributed by atoms with van der Waals surface area (Å²) in [5.74, 6) is 0.599. The number of fused-ring (bicyclic) bond motifs is 1. The van der Waals surface area contributed by atoms with Gasteiger partial charge in [-0.3, -0.25) is 8.65 Å². The largest absolute Gasteiger partial charge is 0.481 e. The maximum absolute atomic E-state index is 5.26. The molecule has 4 aromatic rings. The van der Waals surface area contributed by atoms with Gasteiger partial charge in [-0.1, -0.05) is 0 Å². The van der Waals surface area contributed by atoms with E-state index in [9.17, 15) is 0 Å². The monoisotopic (exact) mass is 505 g/mol. The number of aromatic nitrogens is 5. The van der Waals surface area contributed by atoms with Crippen molar-refractivity contribution in [2.75, 3.05) is 20.3 Å². The highest BCUT2D eigenvalue weighted by molar-refractivity contribution is 14.2. The van der Waals surface area contributed by atoms with Crippen LogP contribution in [0.25, 0.3) is 33.3 Å². The van der Waals surface area contributed by atoms with Crippen molar-refractivity contribution in [3.05, 3.63) is 49.2 Å². The molecule has 28 heavy (non-hydrogen) atoms. The van der Waals surface area contributed by atoms with Gasteiger partial charge in [0, 0.05) is 88.8 Å². The highest BCUT2D eigenvalue weighted by atomic mass is 127. The molecule has 0 unspecified atom stereocenters. The molecule has 9 heteroatoms. The average molecular weight is 505 g/mol. The molecule has 1 aliphatic rings. The van der Waals surface area contributed by atoms with Crippen molar-refractivity contribution in [2.24, 2.45) is 0 Å². The lowest BCUT2D eigenvalue weighted by Crippen LogP contribution is -2.30. The number of rotatable bonds is 5. The minimum atomic E-state index is 0.336. The molecule has 1 aliphatic heterocycles. The van der Waals surface area contributed by atoms with E-state index in [1.807, 2.05) is 35.4 Å². The van der Waals surface area contributed by atoms with Gasteiger partial charge in [-0.15, -0.1) is 0 Å². The fourth-order valence-electron chi connectivity index (χ4n) is 3.24. The molecule has 0 N–H and O–H groups in total. The summed E-state index contributed by atoms with van der Waals surface area (Å²) in [5.41, 5.74) is 5.13. The molecule has 4 aromatic heterocycles. The predicted molar refractivity (Wildman–Crippen MR) is 118 cm³/mol. The normalized spacial score (nSPS) is 14.4. The maximum atomic E-state index is 5.26. The second-order valence-corrected chi connectivity index (χ2v) is 8.24. The molecule has 0 amide bonds. The van der Waals surface area contributed by atoms with Gasteiger partial charge in [0.1, 0.15) is 0 Å². The third-order valence-corrected chi connectivity index (χ3v) is 6.57. The molecule has 0 aliphatic carbocycles. The summed E-state index contributed by atoms with van der Waals surface area (Å²) >= 11 is 2.27. The Morgan fingerprint density at radius 2 is 1.96 bits per heavy atom. The minimum Gasteiger partial charge on any atom is -0.481 e. The molecule has 0 aromatic carbocycles. The van der Waals surface area contributed by atoms with E-state index in [1.165, 1.54) is 0 Å². The highest BCUT2D eigenvalue weighted by Gasteiger charge is 2.21. The molecule has 142 valence electrons. The summed E-state index contributed by atoms with van der Waals surface area (Å²) in [6.45, 7) is 1.45. The Hall–Kier alpha value is -2.11. The zero-order valence-corrected chi connectivity index (χ0v) is 17.9. The van der Waals surface area contributed by atoms with E-state index in [4.69, 9.17) is 14.5 Å². The fraction of sp³-hybridized carbons (Fsp3) is 0.211. The van der Waals surface area contributed by atoms with E-state index in [2.05, 4.69) is 53.7 Å². The van der Waals surface area contributed by atoms with Crippen molar-refractivity contribution in [2.45, 2.75) is 6.04 Å². The van der Waals surface area contributed by atoms with Crippen molar-refractivity contribution in [1.82, 2.24) is 23.7 Å². The van der Waals surface area contributed by atoms with Crippen LogP contribution in [0.5, 0.6) is 5.88 Å². The minimum absolute atomic E-state index is 0.336. The van der Waals surface area contributed by atoms with Crippen LogP contribution in [0.3, 0.4) is 0 Å². The van der Waals surface area contributed by atoms with Crippen LogP contribution in [-0.4, -0.2) is 44.0 Å². The van der Waals surface area contributed by atoms with Gasteiger partial charge >= 0.3 is 0 Å². The van der Waals surface area contributed by atoms with E-state index in [1.54, 1.807) is 16.2 Å². The number of ether oxygens (including phenoxy) is 2. The van der Waals surface area contributed by atoms with E-state index in [-0.39, 0.29) is 0 Å². The van der Waals surface area contributed by atoms with Gasteiger partial charge in [0.25, 0.3) is 0 Å². The third-order valence-electron chi connectivity index (χ3n) is 4.87. The lowest BCUT2D eigenvalue weighted by molar-refractivity contribution is -0.0286. The molecule has 0 spiro atoms. The molecule has 1 fully saturated rings. The Bertz CT molecular complexity index is 1140. The molecule has 0 radical (unpaired) electrons. The van der Waals surface area contributed by atoms with Crippen molar-refractivity contribution in [3.8, 4) is 28.1 Å². The Balaban J connectivity index is 1.60. The van der Waals surface area contributed by atoms with Crippen LogP contribution in [0.4, 0.5) is 0 Å². The van der Waals surface area contributed by atoms with Crippen LogP contribution < -0.4 is 4.74 Å². The Kier molecular flexibility index (Phi) is 4.73. The molecule has 0 atom stereocenters. The Labute approximate surface area is 177 Å². The quantitative estimate of drug-likeness (QED) is 0.375. The Morgan fingerprint density at radius 1 is 1.11 bits per heavy atom. The van der Waals surface area contributed by atoms with Gasteiger partial charge in [-0.25, -0.2) is 9.97 Å². The average Bonchev–Trinajstić information content (AvgIpc) is 3.31. The first-order valence-electron chi connectivity index (χ1n) is 8.69. The summed E-state index contributed by atoms with van der Waals surface area (Å²) in [7, 11) is 3.21. The van der Waals surface area contributed by atoms with Crippen molar-refractivity contribution < 1.29 is 9.47 Å². The number of nitrogens with zero attached hydrogens (tertiary/aromatic N) is 5. The first-order valence-corrected chi connectivity index (χ1v) is 12.0. The molecule has 5 heterocycles. The van der Waals surface area contributed by atoms with Crippen LogP contribution >= 0.6 is 30.3 Å². The van der Waals surface area contributed by atoms with Crippen LogP contribution in [0.15, 0.2) is 49.2 Å². The van der Waals surface area contributed by atoms with Gasteiger partial charge in [0.2, 0.25) is 5.88 Å². The Morgan fingerprint density at radius 3 is 2.64 bits per heavy atom. The van der Waals surface area contributed by atoms with Gasteiger partial charge in [-0.05, 0) is 12.1 Å². The first kappa shape index (κ1) is 18.0. The van der Waals surface area contributed by atoms with Crippen LogP contribution in [0.1, 0.15) is 6.04 Å². The molecule has 1 saturated heterocycles. The maximum Gasteiger partial charge on any atom is 0.212 e. The van der Waals surface area contributed by atoms with Gasteiger partial charge in [-0.2, -0.15) is 5.10 Å². The predicted octanol–water partition coefficient (Wildman–Crippen LogP) is 4.39. The zero-order chi connectivity index (χ0) is 19.1. The first-order chi connectivity index (χ1) is 13.8. The lowest BCUT2D eigenvalue weighted by atomic mass is 10.1. The van der Waals surface area contributed by atoms with Crippen molar-refractivity contribution >= 4 is 41.4 Å². The second-order valence-electron chi connectivity index (χ2n) is 6.52. The molecular formula is C19H16IN5O2S. The zero-order valence-electron chi connectivity index (χ0n) is 14.9. The van der Waals surface area contributed by atoms with E-state index < -0.39 is 0 Å². The van der Waals surface area contributed by atoms with Crippen molar-refractivity contribution in [3.63, 3.8) is 0 Å². The van der Waals surface area contributed by atoms with Gasteiger partial charge in [0.15, 0.2) is 5.65 Å². The summed E-state index contributed by atoms with van der Waals surface area (Å²) in [6.07, 6.45) is 9.78. The smallest absolute Gasteiger partial charge is 0.212 e.